The molecule has 5 unspecified atom stereocenters. The molecule has 5 atom stereocenters. The highest BCUT2D eigenvalue weighted by molar-refractivity contribution is 4.91. The van der Waals surface area contributed by atoms with E-state index in [1.54, 1.807) is 0 Å². The monoisotopic (exact) mass is 254 g/mol. The van der Waals surface area contributed by atoms with E-state index >= 15 is 0 Å². The predicted octanol–water partition coefficient (Wildman–Crippen LogP) is 2.25. The van der Waals surface area contributed by atoms with Crippen LogP contribution in [-0.2, 0) is 4.74 Å². The molecule has 0 spiro atoms. The first-order valence-corrected chi connectivity index (χ1v) is 7.73. The minimum absolute atomic E-state index is 0.378. The first-order chi connectivity index (χ1) is 8.65. The fraction of sp³-hybridized carbons (Fsp3) is 1.00. The molecule has 2 aliphatic rings. The molecule has 2 fully saturated rings. The largest absolute Gasteiger partial charge is 0.376 e. The van der Waals surface area contributed by atoms with Gasteiger partial charge in [0.1, 0.15) is 0 Å². The van der Waals surface area contributed by atoms with Gasteiger partial charge in [0.25, 0.3) is 0 Å². The smallest absolute Gasteiger partial charge is 0.0674 e. The molecular weight excluding hydrogens is 224 g/mol. The van der Waals surface area contributed by atoms with E-state index in [0.29, 0.717) is 24.1 Å². The van der Waals surface area contributed by atoms with Crippen LogP contribution in [-0.4, -0.2) is 42.8 Å². The second-order valence-corrected chi connectivity index (χ2v) is 6.38. The molecule has 2 N–H and O–H groups in total. The van der Waals surface area contributed by atoms with Crippen LogP contribution in [0.2, 0.25) is 0 Å². The summed E-state index contributed by atoms with van der Waals surface area (Å²) in [6.07, 6.45) is 5.56. The van der Waals surface area contributed by atoms with Gasteiger partial charge in [0.15, 0.2) is 0 Å². The third kappa shape index (κ3) is 3.06. The highest BCUT2D eigenvalue weighted by atomic mass is 16.5. The molecule has 106 valence electrons. The van der Waals surface area contributed by atoms with E-state index in [0.717, 1.165) is 25.6 Å². The van der Waals surface area contributed by atoms with Crippen molar-refractivity contribution in [2.75, 3.05) is 19.7 Å². The molecule has 3 heteroatoms. The molecule has 1 aliphatic carbocycles. The normalized spacial score (nSPS) is 43.0. The Kier molecular flexibility index (Phi) is 5.05. The quantitative estimate of drug-likeness (QED) is 0.839. The Morgan fingerprint density at radius 3 is 2.72 bits per heavy atom. The molecule has 0 radical (unpaired) electrons. The SMILES string of the molecule is CCC1COC(C)CN1C1CC(C)CCC1CN. The van der Waals surface area contributed by atoms with Crippen LogP contribution in [0.1, 0.15) is 46.5 Å². The van der Waals surface area contributed by atoms with E-state index < -0.39 is 0 Å². The topological polar surface area (TPSA) is 38.5 Å². The van der Waals surface area contributed by atoms with Crippen LogP contribution >= 0.6 is 0 Å². The number of hydrogen-bond acceptors (Lipinski definition) is 3. The van der Waals surface area contributed by atoms with Gasteiger partial charge in [-0.2, -0.15) is 0 Å². The van der Waals surface area contributed by atoms with Gasteiger partial charge in [-0.15, -0.1) is 0 Å². The van der Waals surface area contributed by atoms with Gasteiger partial charge in [0.2, 0.25) is 0 Å². The van der Waals surface area contributed by atoms with Gasteiger partial charge < -0.3 is 10.5 Å². The molecule has 0 aromatic carbocycles. The molecule has 18 heavy (non-hydrogen) atoms. The van der Waals surface area contributed by atoms with E-state index in [1.807, 2.05) is 0 Å². The molecule has 1 aliphatic heterocycles. The van der Waals surface area contributed by atoms with E-state index in [2.05, 4.69) is 25.7 Å². The minimum atomic E-state index is 0.378. The predicted molar refractivity (Wildman–Crippen MR) is 75.5 cm³/mol. The lowest BCUT2D eigenvalue weighted by Gasteiger charge is -2.48. The summed E-state index contributed by atoms with van der Waals surface area (Å²) in [6.45, 7) is 9.71. The van der Waals surface area contributed by atoms with Crippen molar-refractivity contribution in [1.82, 2.24) is 4.90 Å². The number of ether oxygens (including phenoxy) is 1. The molecule has 1 saturated heterocycles. The number of nitrogens with zero attached hydrogens (tertiary/aromatic N) is 1. The molecule has 3 nitrogen and oxygen atoms in total. The van der Waals surface area contributed by atoms with Gasteiger partial charge in [-0.25, -0.2) is 0 Å². The zero-order chi connectivity index (χ0) is 13.1. The van der Waals surface area contributed by atoms with Gasteiger partial charge in [-0.1, -0.05) is 20.3 Å². The summed E-state index contributed by atoms with van der Waals surface area (Å²) in [4.78, 5) is 2.72. The van der Waals surface area contributed by atoms with Crippen LogP contribution < -0.4 is 5.73 Å². The molecule has 2 rings (SSSR count). The Morgan fingerprint density at radius 1 is 1.28 bits per heavy atom. The van der Waals surface area contributed by atoms with Crippen LogP contribution in [0.3, 0.4) is 0 Å². The number of nitrogens with two attached hydrogens (primary N) is 1. The van der Waals surface area contributed by atoms with Crippen molar-refractivity contribution in [3.63, 3.8) is 0 Å². The molecule has 1 saturated carbocycles. The van der Waals surface area contributed by atoms with Crippen LogP contribution in [0.25, 0.3) is 0 Å². The highest BCUT2D eigenvalue weighted by Gasteiger charge is 2.37. The maximum Gasteiger partial charge on any atom is 0.0674 e. The maximum absolute atomic E-state index is 6.01. The first-order valence-electron chi connectivity index (χ1n) is 7.73. The molecule has 0 aromatic heterocycles. The van der Waals surface area contributed by atoms with E-state index in [4.69, 9.17) is 10.5 Å². The average Bonchev–Trinajstić information content (AvgIpc) is 2.38. The van der Waals surface area contributed by atoms with Crippen molar-refractivity contribution < 1.29 is 4.74 Å². The van der Waals surface area contributed by atoms with Crippen molar-refractivity contribution in [2.45, 2.75) is 64.6 Å². The van der Waals surface area contributed by atoms with Crippen LogP contribution in [0.15, 0.2) is 0 Å². The second kappa shape index (κ2) is 6.36. The van der Waals surface area contributed by atoms with Gasteiger partial charge in [0.05, 0.1) is 12.7 Å². The van der Waals surface area contributed by atoms with E-state index in [9.17, 15) is 0 Å². The minimum Gasteiger partial charge on any atom is -0.376 e. The zero-order valence-electron chi connectivity index (χ0n) is 12.3. The molecule has 0 aromatic rings. The van der Waals surface area contributed by atoms with Crippen molar-refractivity contribution in [2.24, 2.45) is 17.6 Å². The summed E-state index contributed by atoms with van der Waals surface area (Å²) in [5, 5.41) is 0. The first kappa shape index (κ1) is 14.3. The number of morpholine rings is 1. The molecular formula is C15H30N2O. The van der Waals surface area contributed by atoms with E-state index in [1.165, 1.54) is 25.7 Å². The molecule has 0 amide bonds. The third-order valence-electron chi connectivity index (χ3n) is 4.93. The van der Waals surface area contributed by atoms with Crippen molar-refractivity contribution >= 4 is 0 Å². The summed E-state index contributed by atoms with van der Waals surface area (Å²) in [5.41, 5.74) is 6.01. The Morgan fingerprint density at radius 2 is 2.06 bits per heavy atom. The van der Waals surface area contributed by atoms with E-state index in [-0.39, 0.29) is 0 Å². The Hall–Kier alpha value is -0.120. The maximum atomic E-state index is 6.01. The van der Waals surface area contributed by atoms with Gasteiger partial charge >= 0.3 is 0 Å². The van der Waals surface area contributed by atoms with Gasteiger partial charge in [0, 0.05) is 18.6 Å². The van der Waals surface area contributed by atoms with Crippen LogP contribution in [0, 0.1) is 11.8 Å². The Balaban J connectivity index is 2.09. The Labute approximate surface area is 112 Å². The summed E-state index contributed by atoms with van der Waals surface area (Å²) in [7, 11) is 0. The standard InChI is InChI=1S/C15H30N2O/c1-4-14-10-18-12(3)9-17(14)15-7-11(2)5-6-13(15)8-16/h11-15H,4-10,16H2,1-3H3. The van der Waals surface area contributed by atoms with Gasteiger partial charge in [-0.3, -0.25) is 4.90 Å². The van der Waals surface area contributed by atoms with Crippen molar-refractivity contribution in [3.05, 3.63) is 0 Å². The van der Waals surface area contributed by atoms with Crippen molar-refractivity contribution in [1.29, 1.82) is 0 Å². The average molecular weight is 254 g/mol. The lowest BCUT2D eigenvalue weighted by molar-refractivity contribution is -0.0896. The molecule has 1 heterocycles. The number of hydrogen-bond donors (Lipinski definition) is 1. The van der Waals surface area contributed by atoms with Crippen LogP contribution in [0.4, 0.5) is 0 Å². The van der Waals surface area contributed by atoms with Crippen LogP contribution in [0.5, 0.6) is 0 Å². The third-order valence-corrected chi connectivity index (χ3v) is 4.93. The molecule has 0 bridgehead atoms. The summed E-state index contributed by atoms with van der Waals surface area (Å²) in [6, 6.07) is 1.29. The summed E-state index contributed by atoms with van der Waals surface area (Å²) < 4.78 is 5.83. The summed E-state index contributed by atoms with van der Waals surface area (Å²) >= 11 is 0. The highest BCUT2D eigenvalue weighted by Crippen LogP contribution is 2.34. The fourth-order valence-electron chi connectivity index (χ4n) is 3.72. The fourth-order valence-corrected chi connectivity index (χ4v) is 3.72. The summed E-state index contributed by atoms with van der Waals surface area (Å²) in [5.74, 6) is 1.55. The Bertz CT molecular complexity index is 233. The number of rotatable bonds is 3. The van der Waals surface area contributed by atoms with Crippen molar-refractivity contribution in [3.8, 4) is 0 Å². The van der Waals surface area contributed by atoms with Gasteiger partial charge in [-0.05, 0) is 44.6 Å². The lowest BCUT2D eigenvalue weighted by Crippen LogP contribution is -2.57. The second-order valence-electron chi connectivity index (χ2n) is 6.38. The lowest BCUT2D eigenvalue weighted by atomic mass is 9.77. The zero-order valence-corrected chi connectivity index (χ0v) is 12.3.